The SMILES string of the molecule is CC/C=C\CC(/C=C/C=CCCCCCCCC(=O)O)OO. The van der Waals surface area contributed by atoms with Gasteiger partial charge >= 0.3 is 5.97 Å². The van der Waals surface area contributed by atoms with Crippen molar-refractivity contribution in [1.82, 2.24) is 0 Å². The van der Waals surface area contributed by atoms with E-state index in [0.717, 1.165) is 44.9 Å². The smallest absolute Gasteiger partial charge is 0.303 e. The summed E-state index contributed by atoms with van der Waals surface area (Å²) in [5.41, 5.74) is 0. The highest BCUT2D eigenvalue weighted by Crippen LogP contribution is 2.08. The van der Waals surface area contributed by atoms with Gasteiger partial charge in [0.1, 0.15) is 6.10 Å². The molecule has 2 N–H and O–H groups in total. The molecule has 1 atom stereocenters. The summed E-state index contributed by atoms with van der Waals surface area (Å²) in [5.74, 6) is -0.704. The fraction of sp³-hybridized carbons (Fsp3) is 0.611. The molecule has 0 aliphatic rings. The fourth-order valence-corrected chi connectivity index (χ4v) is 1.99. The van der Waals surface area contributed by atoms with Gasteiger partial charge in [-0.05, 0) is 32.1 Å². The zero-order chi connectivity index (χ0) is 16.5. The average Bonchev–Trinajstić information content (AvgIpc) is 2.50. The molecular weight excluding hydrogens is 280 g/mol. The Bertz CT molecular complexity index is 345. The van der Waals surface area contributed by atoms with Crippen LogP contribution in [0.25, 0.3) is 0 Å². The number of hydrogen-bond donors (Lipinski definition) is 2. The van der Waals surface area contributed by atoms with Gasteiger partial charge in [0.2, 0.25) is 0 Å². The second kappa shape index (κ2) is 16.0. The lowest BCUT2D eigenvalue weighted by atomic mass is 10.1. The lowest BCUT2D eigenvalue weighted by molar-refractivity contribution is -0.264. The van der Waals surface area contributed by atoms with Crippen LogP contribution in [0.1, 0.15) is 64.7 Å². The second-order valence-electron chi connectivity index (χ2n) is 5.27. The summed E-state index contributed by atoms with van der Waals surface area (Å²) < 4.78 is 0. The number of carbonyl (C=O) groups is 1. The zero-order valence-electron chi connectivity index (χ0n) is 13.6. The van der Waals surface area contributed by atoms with Crippen molar-refractivity contribution in [2.24, 2.45) is 0 Å². The van der Waals surface area contributed by atoms with Gasteiger partial charge < -0.3 is 5.11 Å². The predicted octanol–water partition coefficient (Wildman–Crippen LogP) is 5.13. The third-order valence-electron chi connectivity index (χ3n) is 3.24. The van der Waals surface area contributed by atoms with Gasteiger partial charge in [-0.2, -0.15) is 0 Å². The number of carboxylic acid groups (broad SMARTS) is 1. The summed E-state index contributed by atoms with van der Waals surface area (Å²) in [5, 5.41) is 17.3. The Morgan fingerprint density at radius 1 is 1.05 bits per heavy atom. The number of rotatable bonds is 14. The largest absolute Gasteiger partial charge is 0.481 e. The zero-order valence-corrected chi connectivity index (χ0v) is 13.6. The summed E-state index contributed by atoms with van der Waals surface area (Å²) in [6, 6.07) is 0. The van der Waals surface area contributed by atoms with Crippen LogP contribution in [0, 0.1) is 0 Å². The molecule has 0 saturated carbocycles. The first kappa shape index (κ1) is 20.6. The minimum atomic E-state index is -0.704. The van der Waals surface area contributed by atoms with E-state index >= 15 is 0 Å². The van der Waals surface area contributed by atoms with Gasteiger partial charge in [0.25, 0.3) is 0 Å². The van der Waals surface area contributed by atoms with Crippen LogP contribution in [-0.4, -0.2) is 22.4 Å². The molecule has 0 aliphatic heterocycles. The second-order valence-corrected chi connectivity index (χ2v) is 5.27. The van der Waals surface area contributed by atoms with Crippen LogP contribution in [0.3, 0.4) is 0 Å². The van der Waals surface area contributed by atoms with Crippen LogP contribution in [0.15, 0.2) is 36.5 Å². The molecule has 4 nitrogen and oxygen atoms in total. The summed E-state index contributed by atoms with van der Waals surface area (Å²) in [4.78, 5) is 14.7. The Labute approximate surface area is 134 Å². The number of allylic oxidation sites excluding steroid dienone is 4. The van der Waals surface area contributed by atoms with E-state index in [4.69, 9.17) is 10.4 Å². The third kappa shape index (κ3) is 15.0. The van der Waals surface area contributed by atoms with E-state index in [-0.39, 0.29) is 12.5 Å². The third-order valence-corrected chi connectivity index (χ3v) is 3.24. The van der Waals surface area contributed by atoms with Gasteiger partial charge in [0.05, 0.1) is 0 Å². The Morgan fingerprint density at radius 2 is 1.77 bits per heavy atom. The van der Waals surface area contributed by atoms with E-state index in [1.807, 2.05) is 30.4 Å². The van der Waals surface area contributed by atoms with Gasteiger partial charge in [-0.15, -0.1) is 0 Å². The van der Waals surface area contributed by atoms with E-state index in [0.29, 0.717) is 6.42 Å². The lowest BCUT2D eigenvalue weighted by Crippen LogP contribution is -2.04. The van der Waals surface area contributed by atoms with Gasteiger partial charge in [-0.25, -0.2) is 4.89 Å². The number of hydrogen-bond acceptors (Lipinski definition) is 3. The molecule has 4 heteroatoms. The highest BCUT2D eigenvalue weighted by molar-refractivity contribution is 5.66. The molecule has 0 heterocycles. The average molecular weight is 310 g/mol. The summed E-state index contributed by atoms with van der Waals surface area (Å²) in [7, 11) is 0. The minimum absolute atomic E-state index is 0.284. The number of aliphatic carboxylic acids is 1. The van der Waals surface area contributed by atoms with Crippen LogP contribution in [0.4, 0.5) is 0 Å². The first-order valence-electron chi connectivity index (χ1n) is 8.21. The molecular formula is C18H30O4. The molecule has 0 aromatic rings. The Hall–Kier alpha value is -1.39. The Morgan fingerprint density at radius 3 is 2.45 bits per heavy atom. The van der Waals surface area contributed by atoms with Crippen molar-refractivity contribution in [2.45, 2.75) is 70.8 Å². The van der Waals surface area contributed by atoms with Gasteiger partial charge in [0, 0.05) is 6.42 Å². The summed E-state index contributed by atoms with van der Waals surface area (Å²) >= 11 is 0. The molecule has 0 spiro atoms. The number of carboxylic acids is 1. The van der Waals surface area contributed by atoms with E-state index < -0.39 is 5.97 Å². The van der Waals surface area contributed by atoms with Gasteiger partial charge in [0.15, 0.2) is 0 Å². The molecule has 126 valence electrons. The lowest BCUT2D eigenvalue weighted by Gasteiger charge is -2.03. The molecule has 22 heavy (non-hydrogen) atoms. The standard InChI is InChI=1S/C18H30O4/c1-2-3-11-14-17(22-21)15-12-9-7-5-4-6-8-10-13-16-18(19)20/h3,7,9,11-12,15,17,21H,2,4-6,8,10,13-14,16H2,1H3,(H,19,20)/b9-7?,11-3-,15-12+. The maximum Gasteiger partial charge on any atom is 0.303 e. The molecule has 0 saturated heterocycles. The van der Waals surface area contributed by atoms with E-state index in [2.05, 4.69) is 17.9 Å². The maximum absolute atomic E-state index is 10.3. The monoisotopic (exact) mass is 310 g/mol. The first-order valence-corrected chi connectivity index (χ1v) is 8.21. The van der Waals surface area contributed by atoms with Crippen molar-refractivity contribution in [1.29, 1.82) is 0 Å². The van der Waals surface area contributed by atoms with Crippen LogP contribution >= 0.6 is 0 Å². The Kier molecular flexibility index (Phi) is 15.0. The van der Waals surface area contributed by atoms with E-state index in [9.17, 15) is 4.79 Å². The highest BCUT2D eigenvalue weighted by Gasteiger charge is 1.99. The normalized spacial score (nSPS) is 13.5. The molecule has 0 amide bonds. The van der Waals surface area contributed by atoms with Crippen molar-refractivity contribution < 1.29 is 20.0 Å². The fourth-order valence-electron chi connectivity index (χ4n) is 1.99. The molecule has 0 radical (unpaired) electrons. The predicted molar refractivity (Wildman–Crippen MR) is 89.8 cm³/mol. The summed E-state index contributed by atoms with van der Waals surface area (Å²) in [6.07, 6.45) is 19.7. The summed E-state index contributed by atoms with van der Waals surface area (Å²) in [6.45, 7) is 2.07. The van der Waals surface area contributed by atoms with Crippen molar-refractivity contribution >= 4 is 5.97 Å². The highest BCUT2D eigenvalue weighted by atomic mass is 17.1. The molecule has 0 bridgehead atoms. The minimum Gasteiger partial charge on any atom is -0.481 e. The number of unbranched alkanes of at least 4 members (excludes halogenated alkanes) is 5. The quantitative estimate of drug-likeness (QED) is 0.153. The van der Waals surface area contributed by atoms with Crippen LogP contribution in [0.2, 0.25) is 0 Å². The molecule has 0 aromatic heterocycles. The van der Waals surface area contributed by atoms with E-state index in [1.54, 1.807) is 0 Å². The van der Waals surface area contributed by atoms with E-state index in [1.165, 1.54) is 0 Å². The molecule has 1 unspecified atom stereocenters. The molecule has 0 aromatic carbocycles. The van der Waals surface area contributed by atoms with Gasteiger partial charge in [-0.3, -0.25) is 10.1 Å². The van der Waals surface area contributed by atoms with Crippen molar-refractivity contribution in [3.63, 3.8) is 0 Å². The maximum atomic E-state index is 10.3. The van der Waals surface area contributed by atoms with Crippen molar-refractivity contribution in [3.8, 4) is 0 Å². The van der Waals surface area contributed by atoms with Crippen LogP contribution < -0.4 is 0 Å². The topological polar surface area (TPSA) is 66.8 Å². The van der Waals surface area contributed by atoms with Gasteiger partial charge in [-0.1, -0.05) is 62.6 Å². The molecule has 0 fully saturated rings. The first-order chi connectivity index (χ1) is 10.7. The molecule has 0 aliphatic carbocycles. The van der Waals surface area contributed by atoms with Crippen molar-refractivity contribution in [3.05, 3.63) is 36.5 Å². The van der Waals surface area contributed by atoms with Crippen LogP contribution in [0.5, 0.6) is 0 Å². The Balaban J connectivity index is 3.57. The van der Waals surface area contributed by atoms with Crippen LogP contribution in [-0.2, 0) is 9.68 Å². The van der Waals surface area contributed by atoms with Crippen molar-refractivity contribution in [2.75, 3.05) is 0 Å². The molecule has 0 rings (SSSR count).